The van der Waals surface area contributed by atoms with Crippen molar-refractivity contribution in [1.29, 1.82) is 0 Å². The fourth-order valence-corrected chi connectivity index (χ4v) is 4.56. The molecule has 2 heterocycles. The third-order valence-electron chi connectivity index (χ3n) is 6.04. The lowest BCUT2D eigenvalue weighted by Crippen LogP contribution is -2.53. The second-order valence-corrected chi connectivity index (χ2v) is 7.69. The molecule has 0 spiro atoms. The molecule has 142 valence electrons. The number of benzene rings is 1. The van der Waals surface area contributed by atoms with Gasteiger partial charge in [-0.15, -0.1) is 0 Å². The Kier molecular flexibility index (Phi) is 5.05. The van der Waals surface area contributed by atoms with E-state index >= 15 is 0 Å². The minimum Gasteiger partial charge on any atom is -0.451 e. The minimum atomic E-state index is -0.604. The molecule has 0 radical (unpaired) electrons. The number of rotatable bonds is 3. The van der Waals surface area contributed by atoms with E-state index in [9.17, 15) is 9.59 Å². The monoisotopic (exact) mass is 367 g/mol. The molecule has 27 heavy (non-hydrogen) atoms. The van der Waals surface area contributed by atoms with Gasteiger partial charge >= 0.3 is 5.97 Å². The Bertz CT molecular complexity index is 853. The number of piperidine rings is 1. The van der Waals surface area contributed by atoms with Crippen molar-refractivity contribution >= 4 is 22.9 Å². The molecule has 1 aliphatic carbocycles. The van der Waals surface area contributed by atoms with E-state index in [1.54, 1.807) is 6.07 Å². The summed E-state index contributed by atoms with van der Waals surface area (Å²) in [5.41, 5.74) is 1.48. The lowest BCUT2D eigenvalue weighted by molar-refractivity contribution is -0.142. The van der Waals surface area contributed by atoms with E-state index in [0.29, 0.717) is 23.4 Å². The van der Waals surface area contributed by atoms with Gasteiger partial charge in [0.05, 0.1) is 17.2 Å². The van der Waals surface area contributed by atoms with E-state index in [0.717, 1.165) is 24.9 Å². The van der Waals surface area contributed by atoms with Crippen LogP contribution >= 0.6 is 0 Å². The van der Waals surface area contributed by atoms with Crippen LogP contribution in [0.4, 0.5) is 0 Å². The standard InChI is InChI=1S/C21H25N3O3/c1-14-10-11-24(19-9-5-2-6-15(14)19)20(25)13-27-21(26)18-12-22-16-7-3-4-8-17(16)23-18/h3-4,7-8,12,14-15,19H,2,5-6,9-11,13H2,1H3/t14-,15+,19-/m1/s1. The van der Waals surface area contributed by atoms with Crippen molar-refractivity contribution in [2.24, 2.45) is 11.8 Å². The molecule has 2 fully saturated rings. The Morgan fingerprint density at radius 3 is 2.78 bits per heavy atom. The summed E-state index contributed by atoms with van der Waals surface area (Å²) in [6.07, 6.45) is 7.10. The Morgan fingerprint density at radius 1 is 1.15 bits per heavy atom. The highest BCUT2D eigenvalue weighted by Gasteiger charge is 2.39. The third-order valence-corrected chi connectivity index (χ3v) is 6.04. The number of esters is 1. The van der Waals surface area contributed by atoms with Crippen LogP contribution in [0.25, 0.3) is 11.0 Å². The molecule has 2 aromatic rings. The highest BCUT2D eigenvalue weighted by atomic mass is 16.5. The molecule has 2 aliphatic rings. The molecule has 6 heteroatoms. The van der Waals surface area contributed by atoms with Crippen LogP contribution in [0.1, 0.15) is 49.5 Å². The molecular formula is C21H25N3O3. The average Bonchev–Trinajstić information content (AvgIpc) is 2.72. The second-order valence-electron chi connectivity index (χ2n) is 7.69. The van der Waals surface area contributed by atoms with Gasteiger partial charge in [0.25, 0.3) is 5.91 Å². The van der Waals surface area contributed by atoms with Crippen molar-refractivity contribution in [2.45, 2.75) is 45.1 Å². The molecule has 1 aliphatic heterocycles. The van der Waals surface area contributed by atoms with Crippen LogP contribution in [0.2, 0.25) is 0 Å². The number of hydrogen-bond acceptors (Lipinski definition) is 5. The topological polar surface area (TPSA) is 72.4 Å². The quantitative estimate of drug-likeness (QED) is 0.779. The zero-order valence-electron chi connectivity index (χ0n) is 15.6. The van der Waals surface area contributed by atoms with E-state index in [4.69, 9.17) is 4.74 Å². The van der Waals surface area contributed by atoms with Crippen LogP contribution in [0, 0.1) is 11.8 Å². The van der Waals surface area contributed by atoms with Crippen molar-refractivity contribution in [3.05, 3.63) is 36.2 Å². The van der Waals surface area contributed by atoms with Gasteiger partial charge in [0.1, 0.15) is 0 Å². The number of fused-ring (bicyclic) bond motifs is 2. The SMILES string of the molecule is C[C@@H]1CCN(C(=O)COC(=O)c2cnc3ccccc3n2)[C@@H]2CCCC[C@@H]12. The fourth-order valence-electron chi connectivity index (χ4n) is 4.56. The molecule has 1 aromatic heterocycles. The first-order valence-corrected chi connectivity index (χ1v) is 9.82. The normalized spacial score (nSPS) is 25.1. The van der Waals surface area contributed by atoms with Crippen LogP contribution in [-0.2, 0) is 9.53 Å². The van der Waals surface area contributed by atoms with Gasteiger partial charge < -0.3 is 9.64 Å². The van der Waals surface area contributed by atoms with Gasteiger partial charge in [0, 0.05) is 12.6 Å². The first-order chi connectivity index (χ1) is 13.1. The Labute approximate surface area is 158 Å². The lowest BCUT2D eigenvalue weighted by atomic mass is 9.72. The third kappa shape index (κ3) is 3.66. The van der Waals surface area contributed by atoms with Gasteiger partial charge in [-0.1, -0.05) is 31.9 Å². The van der Waals surface area contributed by atoms with Gasteiger partial charge in [0.15, 0.2) is 12.3 Å². The summed E-state index contributed by atoms with van der Waals surface area (Å²) in [5, 5.41) is 0. The first-order valence-electron chi connectivity index (χ1n) is 9.82. The summed E-state index contributed by atoms with van der Waals surface area (Å²) in [4.78, 5) is 35.5. The van der Waals surface area contributed by atoms with E-state index in [-0.39, 0.29) is 18.2 Å². The maximum Gasteiger partial charge on any atom is 0.359 e. The molecule has 0 N–H and O–H groups in total. The Balaban J connectivity index is 1.40. The van der Waals surface area contributed by atoms with E-state index in [1.165, 1.54) is 25.5 Å². The lowest BCUT2D eigenvalue weighted by Gasteiger charge is -2.47. The van der Waals surface area contributed by atoms with Crippen molar-refractivity contribution < 1.29 is 14.3 Å². The second kappa shape index (κ2) is 7.62. The number of nitrogens with zero attached hydrogens (tertiary/aromatic N) is 3. The average molecular weight is 367 g/mol. The summed E-state index contributed by atoms with van der Waals surface area (Å²) in [5.74, 6) is 0.543. The van der Waals surface area contributed by atoms with Crippen molar-refractivity contribution in [3.63, 3.8) is 0 Å². The number of aromatic nitrogens is 2. The van der Waals surface area contributed by atoms with Crippen molar-refractivity contribution in [1.82, 2.24) is 14.9 Å². The number of carbonyl (C=O) groups excluding carboxylic acids is 2. The number of ether oxygens (including phenoxy) is 1. The summed E-state index contributed by atoms with van der Waals surface area (Å²) in [7, 11) is 0. The molecule has 1 aromatic carbocycles. The molecule has 1 amide bonds. The van der Waals surface area contributed by atoms with Crippen LogP contribution in [-0.4, -0.2) is 45.9 Å². The largest absolute Gasteiger partial charge is 0.451 e. The van der Waals surface area contributed by atoms with Crippen molar-refractivity contribution in [2.75, 3.05) is 13.2 Å². The summed E-state index contributed by atoms with van der Waals surface area (Å²) in [6.45, 7) is 2.82. The van der Waals surface area contributed by atoms with Gasteiger partial charge in [0.2, 0.25) is 0 Å². The van der Waals surface area contributed by atoms with Crippen LogP contribution in [0.5, 0.6) is 0 Å². The maximum absolute atomic E-state index is 12.7. The van der Waals surface area contributed by atoms with E-state index < -0.39 is 5.97 Å². The molecular weight excluding hydrogens is 342 g/mol. The number of hydrogen-bond donors (Lipinski definition) is 0. The molecule has 0 bridgehead atoms. The zero-order chi connectivity index (χ0) is 18.8. The van der Waals surface area contributed by atoms with Crippen LogP contribution < -0.4 is 0 Å². The molecule has 3 atom stereocenters. The first kappa shape index (κ1) is 17.9. The Morgan fingerprint density at radius 2 is 1.93 bits per heavy atom. The van der Waals surface area contributed by atoms with E-state index in [1.807, 2.05) is 23.1 Å². The number of amides is 1. The summed E-state index contributed by atoms with van der Waals surface area (Å²) < 4.78 is 5.27. The molecule has 1 saturated heterocycles. The number of carbonyl (C=O) groups is 2. The fraction of sp³-hybridized carbons (Fsp3) is 0.524. The molecule has 6 nitrogen and oxygen atoms in total. The predicted octanol–water partition coefficient (Wildman–Crippen LogP) is 3.21. The van der Waals surface area contributed by atoms with Gasteiger partial charge in [-0.25, -0.2) is 9.78 Å². The minimum absolute atomic E-state index is 0.0964. The number of likely N-dealkylation sites (tertiary alicyclic amines) is 1. The summed E-state index contributed by atoms with van der Waals surface area (Å²) >= 11 is 0. The van der Waals surface area contributed by atoms with Gasteiger partial charge in [-0.05, 0) is 43.2 Å². The van der Waals surface area contributed by atoms with Gasteiger partial charge in [-0.2, -0.15) is 0 Å². The molecule has 0 unspecified atom stereocenters. The molecule has 4 rings (SSSR count). The highest BCUT2D eigenvalue weighted by molar-refractivity contribution is 5.91. The van der Waals surface area contributed by atoms with Crippen molar-refractivity contribution in [3.8, 4) is 0 Å². The predicted molar refractivity (Wildman–Crippen MR) is 101 cm³/mol. The highest BCUT2D eigenvalue weighted by Crippen LogP contribution is 2.38. The van der Waals surface area contributed by atoms with E-state index in [2.05, 4.69) is 16.9 Å². The smallest absolute Gasteiger partial charge is 0.359 e. The van der Waals surface area contributed by atoms with Gasteiger partial charge in [-0.3, -0.25) is 9.78 Å². The zero-order valence-corrected chi connectivity index (χ0v) is 15.6. The summed E-state index contributed by atoms with van der Waals surface area (Å²) in [6, 6.07) is 7.63. The van der Waals surface area contributed by atoms with Crippen LogP contribution in [0.15, 0.2) is 30.5 Å². The maximum atomic E-state index is 12.7. The number of para-hydroxylation sites is 2. The molecule has 1 saturated carbocycles. The van der Waals surface area contributed by atoms with Crippen LogP contribution in [0.3, 0.4) is 0 Å². The Hall–Kier alpha value is -2.50.